The first-order chi connectivity index (χ1) is 8.74. The van der Waals surface area contributed by atoms with E-state index in [4.69, 9.17) is 5.73 Å². The van der Waals surface area contributed by atoms with Crippen molar-refractivity contribution >= 4 is 11.4 Å². The standard InChI is InChI=1S/C16H22N2/c1-18-16-8-14-12-5-9-2-10(6-12)4-11(3-9)13(14)7-15(16)17/h7-12,18H,2-6,17H2,1H3. The number of benzene rings is 1. The first kappa shape index (κ1) is 10.7. The topological polar surface area (TPSA) is 38.0 Å². The molecule has 96 valence electrons. The van der Waals surface area contributed by atoms with Crippen molar-refractivity contribution in [3.05, 3.63) is 23.3 Å². The molecule has 18 heavy (non-hydrogen) atoms. The zero-order valence-electron chi connectivity index (χ0n) is 11.1. The van der Waals surface area contributed by atoms with E-state index in [0.29, 0.717) is 0 Å². The van der Waals surface area contributed by atoms with Gasteiger partial charge >= 0.3 is 0 Å². The molecule has 2 atom stereocenters. The van der Waals surface area contributed by atoms with Crippen LogP contribution in [-0.2, 0) is 0 Å². The summed E-state index contributed by atoms with van der Waals surface area (Å²) in [5, 5.41) is 3.24. The molecule has 0 saturated heterocycles. The number of nitrogens with two attached hydrogens (primary N) is 1. The van der Waals surface area contributed by atoms with Crippen LogP contribution in [0.3, 0.4) is 0 Å². The van der Waals surface area contributed by atoms with Gasteiger partial charge in [-0.2, -0.15) is 0 Å². The van der Waals surface area contributed by atoms with Crippen molar-refractivity contribution in [2.24, 2.45) is 11.8 Å². The number of hydrogen-bond donors (Lipinski definition) is 2. The fourth-order valence-electron chi connectivity index (χ4n) is 4.93. The lowest BCUT2D eigenvalue weighted by Gasteiger charge is -2.38. The predicted octanol–water partition coefficient (Wildman–Crippen LogP) is 3.70. The highest BCUT2D eigenvalue weighted by Crippen LogP contribution is 2.56. The summed E-state index contributed by atoms with van der Waals surface area (Å²) in [6.07, 6.45) is 7.17. The van der Waals surface area contributed by atoms with Gasteiger partial charge in [-0.15, -0.1) is 0 Å². The first-order valence-electron chi connectivity index (χ1n) is 7.35. The Morgan fingerprint density at radius 1 is 0.944 bits per heavy atom. The van der Waals surface area contributed by atoms with Gasteiger partial charge in [0.05, 0.1) is 11.4 Å². The van der Waals surface area contributed by atoms with Gasteiger partial charge in [0.2, 0.25) is 0 Å². The van der Waals surface area contributed by atoms with Crippen LogP contribution in [0.5, 0.6) is 0 Å². The van der Waals surface area contributed by atoms with Crippen molar-refractivity contribution < 1.29 is 0 Å². The van der Waals surface area contributed by atoms with Crippen LogP contribution in [0.4, 0.5) is 11.4 Å². The summed E-state index contributed by atoms with van der Waals surface area (Å²) < 4.78 is 0. The Labute approximate surface area is 109 Å². The number of nitrogen functional groups attached to an aromatic ring is 1. The Morgan fingerprint density at radius 2 is 1.50 bits per heavy atom. The molecule has 0 amide bonds. The van der Waals surface area contributed by atoms with Gasteiger partial charge < -0.3 is 11.1 Å². The van der Waals surface area contributed by atoms with Crippen LogP contribution in [0.25, 0.3) is 0 Å². The second-order valence-electron chi connectivity index (χ2n) is 6.62. The third-order valence-corrected chi connectivity index (χ3v) is 5.54. The summed E-state index contributed by atoms with van der Waals surface area (Å²) in [6, 6.07) is 4.62. The van der Waals surface area contributed by atoms with Gasteiger partial charge in [0, 0.05) is 7.05 Å². The maximum atomic E-state index is 6.17. The lowest BCUT2D eigenvalue weighted by molar-refractivity contribution is 0.166. The summed E-state index contributed by atoms with van der Waals surface area (Å²) in [7, 11) is 1.97. The summed E-state index contributed by atoms with van der Waals surface area (Å²) in [5.41, 5.74) is 11.4. The summed E-state index contributed by atoms with van der Waals surface area (Å²) in [5.74, 6) is 3.58. The molecule has 4 aliphatic rings. The van der Waals surface area contributed by atoms with Gasteiger partial charge in [-0.05, 0) is 79.0 Å². The molecule has 0 radical (unpaired) electrons. The highest BCUT2D eigenvalue weighted by Gasteiger charge is 2.42. The molecular weight excluding hydrogens is 220 g/mol. The molecule has 3 N–H and O–H groups in total. The quantitative estimate of drug-likeness (QED) is 0.737. The van der Waals surface area contributed by atoms with E-state index in [0.717, 1.165) is 35.0 Å². The molecule has 1 aromatic rings. The molecule has 0 aliphatic heterocycles. The average molecular weight is 242 g/mol. The molecule has 0 spiro atoms. The molecule has 0 aromatic heterocycles. The van der Waals surface area contributed by atoms with Crippen LogP contribution < -0.4 is 11.1 Å². The number of nitrogens with one attached hydrogen (secondary N) is 1. The van der Waals surface area contributed by atoms with Crippen molar-refractivity contribution in [3.63, 3.8) is 0 Å². The zero-order valence-corrected chi connectivity index (χ0v) is 11.1. The third kappa shape index (κ3) is 1.41. The molecule has 2 heteroatoms. The number of rotatable bonds is 1. The summed E-state index contributed by atoms with van der Waals surface area (Å²) in [6.45, 7) is 0. The minimum atomic E-state index is 0.796. The molecule has 2 saturated carbocycles. The fourth-order valence-corrected chi connectivity index (χ4v) is 4.93. The highest BCUT2D eigenvalue weighted by atomic mass is 14.8. The Bertz CT molecular complexity index is 480. The first-order valence-corrected chi connectivity index (χ1v) is 7.35. The Kier molecular flexibility index (Phi) is 2.18. The van der Waals surface area contributed by atoms with Crippen LogP contribution in [0.2, 0.25) is 0 Å². The van der Waals surface area contributed by atoms with E-state index in [1.165, 1.54) is 32.1 Å². The van der Waals surface area contributed by atoms with Crippen LogP contribution >= 0.6 is 0 Å². The second-order valence-corrected chi connectivity index (χ2v) is 6.62. The zero-order chi connectivity index (χ0) is 12.3. The van der Waals surface area contributed by atoms with E-state index in [-0.39, 0.29) is 0 Å². The molecule has 2 unspecified atom stereocenters. The molecule has 2 fully saturated rings. The van der Waals surface area contributed by atoms with Crippen LogP contribution in [0.1, 0.15) is 55.1 Å². The highest BCUT2D eigenvalue weighted by molar-refractivity contribution is 5.69. The van der Waals surface area contributed by atoms with Crippen molar-refractivity contribution in [1.82, 2.24) is 0 Å². The Morgan fingerprint density at radius 3 is 2.06 bits per heavy atom. The maximum absolute atomic E-state index is 6.17. The number of anilines is 2. The third-order valence-electron chi connectivity index (χ3n) is 5.54. The van der Waals surface area contributed by atoms with Crippen molar-refractivity contribution in [2.75, 3.05) is 18.1 Å². The second kappa shape index (κ2) is 3.66. The maximum Gasteiger partial charge on any atom is 0.0574 e. The fraction of sp³-hybridized carbons (Fsp3) is 0.625. The van der Waals surface area contributed by atoms with Gasteiger partial charge in [-0.1, -0.05) is 0 Å². The van der Waals surface area contributed by atoms with E-state index < -0.39 is 0 Å². The van der Waals surface area contributed by atoms with E-state index in [2.05, 4.69) is 17.4 Å². The van der Waals surface area contributed by atoms with Gasteiger partial charge in [0.15, 0.2) is 0 Å². The Balaban J connectivity index is 1.88. The predicted molar refractivity (Wildman–Crippen MR) is 75.9 cm³/mol. The lowest BCUT2D eigenvalue weighted by Crippen LogP contribution is -2.25. The molecule has 5 rings (SSSR count). The van der Waals surface area contributed by atoms with E-state index in [1.54, 1.807) is 11.1 Å². The van der Waals surface area contributed by atoms with E-state index >= 15 is 0 Å². The van der Waals surface area contributed by atoms with Gasteiger partial charge in [-0.3, -0.25) is 0 Å². The normalized spacial score (nSPS) is 36.3. The van der Waals surface area contributed by atoms with Crippen LogP contribution in [0, 0.1) is 11.8 Å². The van der Waals surface area contributed by atoms with Gasteiger partial charge in [-0.25, -0.2) is 0 Å². The van der Waals surface area contributed by atoms with E-state index in [9.17, 15) is 0 Å². The van der Waals surface area contributed by atoms with Crippen molar-refractivity contribution in [3.8, 4) is 0 Å². The van der Waals surface area contributed by atoms with Gasteiger partial charge in [0.1, 0.15) is 0 Å². The molecule has 1 aromatic carbocycles. The minimum absolute atomic E-state index is 0.796. The van der Waals surface area contributed by atoms with Gasteiger partial charge in [0.25, 0.3) is 0 Å². The molecule has 0 heterocycles. The smallest absolute Gasteiger partial charge is 0.0574 e. The SMILES string of the molecule is CNc1cc2c(cc1N)C1CC3CC(C1)CC2C3. The average Bonchev–Trinajstić information content (AvgIpc) is 2.51. The molecule has 4 bridgehead atoms. The lowest BCUT2D eigenvalue weighted by atomic mass is 9.67. The van der Waals surface area contributed by atoms with Crippen LogP contribution in [-0.4, -0.2) is 7.05 Å². The molecular formula is C16H22N2. The Hall–Kier alpha value is -1.18. The van der Waals surface area contributed by atoms with Crippen LogP contribution in [0.15, 0.2) is 12.1 Å². The van der Waals surface area contributed by atoms with E-state index in [1.807, 2.05) is 7.05 Å². The minimum Gasteiger partial charge on any atom is -0.397 e. The largest absolute Gasteiger partial charge is 0.397 e. The summed E-state index contributed by atoms with van der Waals surface area (Å²) in [4.78, 5) is 0. The molecule has 2 nitrogen and oxygen atoms in total. The monoisotopic (exact) mass is 242 g/mol. The molecule has 4 aliphatic carbocycles. The van der Waals surface area contributed by atoms with Crippen molar-refractivity contribution in [2.45, 2.75) is 43.9 Å². The number of hydrogen-bond acceptors (Lipinski definition) is 2. The summed E-state index contributed by atoms with van der Waals surface area (Å²) >= 11 is 0. The van der Waals surface area contributed by atoms with Crippen molar-refractivity contribution in [1.29, 1.82) is 0 Å².